The normalized spacial score (nSPS) is 11.9. The molecule has 0 aliphatic heterocycles. The number of alkyl halides is 3. The van der Waals surface area contributed by atoms with Crippen molar-refractivity contribution in [2.75, 3.05) is 11.9 Å². The van der Waals surface area contributed by atoms with Crippen LogP contribution in [-0.2, 0) is 7.05 Å². The Morgan fingerprint density at radius 3 is 2.72 bits per heavy atom. The van der Waals surface area contributed by atoms with Gasteiger partial charge in [-0.2, -0.15) is 13.2 Å². The lowest BCUT2D eigenvalue weighted by atomic mass is 10.1. The van der Waals surface area contributed by atoms with Gasteiger partial charge in [0.1, 0.15) is 18.0 Å². The van der Waals surface area contributed by atoms with Gasteiger partial charge in [-0.25, -0.2) is 14.8 Å². The van der Waals surface area contributed by atoms with Gasteiger partial charge < -0.3 is 15.2 Å². The molecule has 4 rings (SSSR count). The predicted molar refractivity (Wildman–Crippen MR) is 116 cm³/mol. The first-order chi connectivity index (χ1) is 15.3. The lowest BCUT2D eigenvalue weighted by Gasteiger charge is -2.10. The minimum Gasteiger partial charge on any atom is -0.335 e. The van der Waals surface area contributed by atoms with Crippen molar-refractivity contribution in [1.82, 2.24) is 24.3 Å². The van der Waals surface area contributed by atoms with Gasteiger partial charge in [-0.1, -0.05) is 18.2 Å². The predicted octanol–water partition coefficient (Wildman–Crippen LogP) is 4.59. The summed E-state index contributed by atoms with van der Waals surface area (Å²) in [6.07, 6.45) is 6.56. The van der Waals surface area contributed by atoms with Crippen LogP contribution in [0.25, 0.3) is 29.1 Å². The molecule has 3 heterocycles. The summed E-state index contributed by atoms with van der Waals surface area (Å²) in [6, 6.07) is 9.74. The molecule has 1 aromatic carbocycles. The van der Waals surface area contributed by atoms with Crippen LogP contribution < -0.4 is 10.6 Å². The summed E-state index contributed by atoms with van der Waals surface area (Å²) in [5.74, 6) is 0.831. The number of pyridine rings is 1. The molecule has 10 heteroatoms. The van der Waals surface area contributed by atoms with E-state index in [0.29, 0.717) is 5.69 Å². The fourth-order valence-electron chi connectivity index (χ4n) is 3.13. The Morgan fingerprint density at radius 2 is 1.97 bits per heavy atom. The monoisotopic (exact) mass is 440 g/mol. The highest BCUT2D eigenvalue weighted by Gasteiger charge is 2.27. The second-order valence-corrected chi connectivity index (χ2v) is 7.07. The Morgan fingerprint density at radius 1 is 1.12 bits per heavy atom. The lowest BCUT2D eigenvalue weighted by Crippen LogP contribution is -2.36. The lowest BCUT2D eigenvalue weighted by molar-refractivity contribution is -0.122. The molecule has 164 valence electrons. The summed E-state index contributed by atoms with van der Waals surface area (Å²) in [5, 5.41) is 4.19. The third kappa shape index (κ3) is 4.97. The minimum atomic E-state index is -4.47. The number of hydrogen-bond donors (Lipinski definition) is 2. The smallest absolute Gasteiger partial charge is 0.335 e. The van der Waals surface area contributed by atoms with E-state index in [9.17, 15) is 18.0 Å². The number of anilines is 1. The SMILES string of the molecule is Cn1ccnc1/C=C/c1ccn2c(-c3cccc(NC(=O)NCC(F)(F)F)c3)cnc2c1. The first-order valence-electron chi connectivity index (χ1n) is 9.63. The van der Waals surface area contributed by atoms with Crippen molar-refractivity contribution < 1.29 is 18.0 Å². The van der Waals surface area contributed by atoms with Gasteiger partial charge in [-0.05, 0) is 35.9 Å². The van der Waals surface area contributed by atoms with Crippen LogP contribution in [0.1, 0.15) is 11.4 Å². The van der Waals surface area contributed by atoms with Crippen molar-refractivity contribution in [3.8, 4) is 11.3 Å². The standard InChI is InChI=1S/C22H19F3N6O/c1-30-10-8-26-19(30)6-5-15-7-9-31-18(13-27-20(31)11-15)16-3-2-4-17(12-16)29-21(32)28-14-22(23,24)25/h2-13H,14H2,1H3,(H2,28,29,32)/b6-5+. The molecule has 0 bridgehead atoms. The van der Waals surface area contributed by atoms with E-state index in [1.54, 1.807) is 35.9 Å². The summed E-state index contributed by atoms with van der Waals surface area (Å²) in [4.78, 5) is 20.4. The molecule has 4 aromatic rings. The van der Waals surface area contributed by atoms with Crippen LogP contribution in [0.2, 0.25) is 0 Å². The van der Waals surface area contributed by atoms with Crippen LogP contribution in [-0.4, -0.2) is 37.7 Å². The van der Waals surface area contributed by atoms with Crippen LogP contribution in [0.15, 0.2) is 61.2 Å². The molecule has 2 N–H and O–H groups in total. The van der Waals surface area contributed by atoms with Gasteiger partial charge in [-0.15, -0.1) is 0 Å². The van der Waals surface area contributed by atoms with Crippen LogP contribution in [0.4, 0.5) is 23.7 Å². The van der Waals surface area contributed by atoms with Crippen LogP contribution in [0.3, 0.4) is 0 Å². The van der Waals surface area contributed by atoms with Gasteiger partial charge in [0, 0.05) is 36.9 Å². The number of carbonyl (C=O) groups excluding carboxylic acids is 1. The van der Waals surface area contributed by atoms with Crippen molar-refractivity contribution in [2.24, 2.45) is 7.05 Å². The average Bonchev–Trinajstić information content (AvgIpc) is 3.36. The van der Waals surface area contributed by atoms with Crippen LogP contribution >= 0.6 is 0 Å². The van der Waals surface area contributed by atoms with E-state index in [-0.39, 0.29) is 0 Å². The van der Waals surface area contributed by atoms with E-state index >= 15 is 0 Å². The number of rotatable bonds is 5. The molecule has 2 amide bonds. The molecule has 0 spiro atoms. The molecule has 0 saturated carbocycles. The average molecular weight is 440 g/mol. The Labute approximate surface area is 181 Å². The number of amides is 2. The van der Waals surface area contributed by atoms with Crippen LogP contribution in [0, 0.1) is 0 Å². The molecule has 3 aromatic heterocycles. The Hall–Kier alpha value is -4.08. The van der Waals surface area contributed by atoms with Crippen molar-refractivity contribution in [2.45, 2.75) is 6.18 Å². The Bertz CT molecular complexity index is 1290. The van der Waals surface area contributed by atoms with Crippen molar-refractivity contribution in [3.05, 3.63) is 72.6 Å². The summed E-state index contributed by atoms with van der Waals surface area (Å²) < 4.78 is 40.6. The highest BCUT2D eigenvalue weighted by Crippen LogP contribution is 2.24. The first kappa shape index (κ1) is 21.2. The van der Waals surface area contributed by atoms with E-state index in [4.69, 9.17) is 0 Å². The topological polar surface area (TPSA) is 76.2 Å². The number of aryl methyl sites for hydroxylation is 1. The zero-order chi connectivity index (χ0) is 22.7. The van der Waals surface area contributed by atoms with E-state index in [1.165, 1.54) is 0 Å². The molecule has 7 nitrogen and oxygen atoms in total. The number of aromatic nitrogens is 4. The van der Waals surface area contributed by atoms with Gasteiger partial charge in [0.2, 0.25) is 0 Å². The second kappa shape index (κ2) is 8.58. The second-order valence-electron chi connectivity index (χ2n) is 7.07. The van der Waals surface area contributed by atoms with Gasteiger partial charge in [0.25, 0.3) is 0 Å². The minimum absolute atomic E-state index is 0.367. The van der Waals surface area contributed by atoms with E-state index < -0.39 is 18.8 Å². The summed E-state index contributed by atoms with van der Waals surface area (Å²) in [5.41, 5.74) is 3.57. The number of urea groups is 1. The maximum atomic E-state index is 12.3. The number of carbonyl (C=O) groups is 1. The molecule has 0 radical (unpaired) electrons. The molecule has 0 atom stereocenters. The van der Waals surface area contributed by atoms with Crippen molar-refractivity contribution >= 4 is 29.5 Å². The number of hydrogen-bond acceptors (Lipinski definition) is 3. The van der Waals surface area contributed by atoms with E-state index in [1.807, 2.05) is 58.8 Å². The fraction of sp³-hybridized carbons (Fsp3) is 0.136. The van der Waals surface area contributed by atoms with E-state index in [2.05, 4.69) is 15.3 Å². The number of imidazole rings is 2. The van der Waals surface area contributed by atoms with Crippen molar-refractivity contribution in [3.63, 3.8) is 0 Å². The molecular weight excluding hydrogens is 421 g/mol. The fourth-order valence-corrected chi connectivity index (χ4v) is 3.13. The van der Waals surface area contributed by atoms with Crippen molar-refractivity contribution in [1.29, 1.82) is 0 Å². The maximum Gasteiger partial charge on any atom is 0.405 e. The zero-order valence-electron chi connectivity index (χ0n) is 17.0. The number of nitrogens with zero attached hydrogens (tertiary/aromatic N) is 4. The number of nitrogens with one attached hydrogen (secondary N) is 2. The molecule has 0 fully saturated rings. The molecule has 0 aliphatic rings. The Balaban J connectivity index is 1.52. The number of fused-ring (bicyclic) bond motifs is 1. The molecule has 32 heavy (non-hydrogen) atoms. The first-order valence-corrected chi connectivity index (χ1v) is 9.63. The highest BCUT2D eigenvalue weighted by atomic mass is 19.4. The highest BCUT2D eigenvalue weighted by molar-refractivity contribution is 5.90. The molecule has 0 unspecified atom stereocenters. The van der Waals surface area contributed by atoms with Gasteiger partial charge in [0.15, 0.2) is 0 Å². The van der Waals surface area contributed by atoms with Gasteiger partial charge in [-0.3, -0.25) is 4.40 Å². The summed E-state index contributed by atoms with van der Waals surface area (Å²) >= 11 is 0. The zero-order valence-corrected chi connectivity index (χ0v) is 17.0. The molecule has 0 saturated heterocycles. The van der Waals surface area contributed by atoms with Gasteiger partial charge in [0.05, 0.1) is 11.9 Å². The van der Waals surface area contributed by atoms with Gasteiger partial charge >= 0.3 is 12.2 Å². The molecule has 0 aliphatic carbocycles. The number of benzene rings is 1. The quantitative estimate of drug-likeness (QED) is 0.477. The summed E-state index contributed by atoms with van der Waals surface area (Å²) in [7, 11) is 1.92. The largest absolute Gasteiger partial charge is 0.405 e. The third-order valence-electron chi connectivity index (χ3n) is 4.69. The Kier molecular flexibility index (Phi) is 5.67. The van der Waals surface area contributed by atoms with Crippen LogP contribution in [0.5, 0.6) is 0 Å². The number of halogens is 3. The summed E-state index contributed by atoms with van der Waals surface area (Å²) in [6.45, 7) is -1.40. The van der Waals surface area contributed by atoms with E-state index in [0.717, 1.165) is 28.3 Å². The third-order valence-corrected chi connectivity index (χ3v) is 4.69. The maximum absolute atomic E-state index is 12.3. The molecular formula is C22H19F3N6O.